The molecular weight excluding hydrogens is 294 g/mol. The number of rotatable bonds is 5. The number of β-amino-alcohol motifs (C(OH)–C–C–N with tert-alkyl or cyclic N) is 1. The van der Waals surface area contributed by atoms with Crippen LogP contribution in [0.3, 0.4) is 0 Å². The molecule has 0 saturated heterocycles. The van der Waals surface area contributed by atoms with Gasteiger partial charge in [0.05, 0.1) is 25.8 Å². The fraction of sp³-hybridized carbons (Fsp3) is 0.176. The maximum atomic E-state index is 12.5. The molecule has 0 bridgehead atoms. The highest BCUT2D eigenvalue weighted by Crippen LogP contribution is 2.23. The lowest BCUT2D eigenvalue weighted by Crippen LogP contribution is -2.25. The number of carbonyl (C=O) groups excluding carboxylic acids is 1. The van der Waals surface area contributed by atoms with Crippen molar-refractivity contribution >= 4 is 17.7 Å². The van der Waals surface area contributed by atoms with Crippen LogP contribution in [0.1, 0.15) is 11.3 Å². The smallest absolute Gasteiger partial charge is 0.276 e. The number of hydrogen-bond acceptors (Lipinski definition) is 4. The van der Waals surface area contributed by atoms with Crippen LogP contribution in [0.25, 0.3) is 6.08 Å². The Balaban J connectivity index is 2.01. The maximum Gasteiger partial charge on any atom is 0.276 e. The standard InChI is InChI=1S/C17H17N3O3/c1-23-14-6-4-12(5-7-14)16-15(11-13-3-2-8-18-13)17(22)20(19-16)9-10-21/h2-8,11,18,21H,9-10H2,1H3. The van der Waals surface area contributed by atoms with Crippen LogP contribution in [0.15, 0.2) is 53.3 Å². The van der Waals surface area contributed by atoms with E-state index in [1.165, 1.54) is 5.01 Å². The topological polar surface area (TPSA) is 77.9 Å². The Morgan fingerprint density at radius 1 is 1.30 bits per heavy atom. The minimum absolute atomic E-state index is 0.138. The van der Waals surface area contributed by atoms with E-state index in [-0.39, 0.29) is 19.1 Å². The van der Waals surface area contributed by atoms with Gasteiger partial charge in [0.25, 0.3) is 5.91 Å². The van der Waals surface area contributed by atoms with Gasteiger partial charge in [0, 0.05) is 17.5 Å². The van der Waals surface area contributed by atoms with Crippen molar-refractivity contribution in [3.8, 4) is 5.75 Å². The van der Waals surface area contributed by atoms with Crippen molar-refractivity contribution in [2.45, 2.75) is 0 Å². The molecule has 6 nitrogen and oxygen atoms in total. The molecule has 0 radical (unpaired) electrons. The zero-order valence-electron chi connectivity index (χ0n) is 12.7. The van der Waals surface area contributed by atoms with Crippen LogP contribution in [-0.2, 0) is 4.79 Å². The second kappa shape index (κ2) is 6.50. The molecule has 0 fully saturated rings. The number of aliphatic hydroxyl groups excluding tert-OH is 1. The highest BCUT2D eigenvalue weighted by atomic mass is 16.5. The van der Waals surface area contributed by atoms with E-state index in [1.807, 2.05) is 36.4 Å². The van der Waals surface area contributed by atoms with Crippen LogP contribution in [0.4, 0.5) is 0 Å². The van der Waals surface area contributed by atoms with Crippen molar-refractivity contribution in [1.29, 1.82) is 0 Å². The number of nitrogens with one attached hydrogen (secondary N) is 1. The number of ether oxygens (including phenoxy) is 1. The second-order valence-electron chi connectivity index (χ2n) is 5.01. The lowest BCUT2D eigenvalue weighted by molar-refractivity contribution is -0.126. The van der Waals surface area contributed by atoms with Gasteiger partial charge in [-0.1, -0.05) is 0 Å². The molecule has 1 aromatic heterocycles. The molecule has 0 aliphatic carbocycles. The van der Waals surface area contributed by atoms with Gasteiger partial charge in [-0.05, 0) is 42.5 Å². The van der Waals surface area contributed by atoms with Gasteiger partial charge in [-0.15, -0.1) is 0 Å². The van der Waals surface area contributed by atoms with E-state index in [9.17, 15) is 4.79 Å². The van der Waals surface area contributed by atoms with Crippen molar-refractivity contribution < 1.29 is 14.6 Å². The predicted octanol–water partition coefficient (Wildman–Crippen LogP) is 1.65. The van der Waals surface area contributed by atoms with Crippen molar-refractivity contribution in [2.24, 2.45) is 5.10 Å². The third kappa shape index (κ3) is 3.02. The molecule has 6 heteroatoms. The highest BCUT2D eigenvalue weighted by Gasteiger charge is 2.30. The van der Waals surface area contributed by atoms with Crippen LogP contribution >= 0.6 is 0 Å². The number of carbonyl (C=O) groups is 1. The first-order valence-electron chi connectivity index (χ1n) is 7.24. The van der Waals surface area contributed by atoms with Gasteiger partial charge >= 0.3 is 0 Å². The summed E-state index contributed by atoms with van der Waals surface area (Å²) in [6.07, 6.45) is 3.56. The van der Waals surface area contributed by atoms with Crippen LogP contribution in [0, 0.1) is 0 Å². The molecule has 2 N–H and O–H groups in total. The number of nitrogens with zero attached hydrogens (tertiary/aromatic N) is 2. The SMILES string of the molecule is COc1ccc(C2=NN(CCO)C(=O)C2=Cc2ccc[nH]2)cc1. The molecule has 1 aliphatic heterocycles. The van der Waals surface area contributed by atoms with Gasteiger partial charge in [0.1, 0.15) is 11.5 Å². The maximum absolute atomic E-state index is 12.5. The van der Waals surface area contributed by atoms with E-state index < -0.39 is 0 Å². The number of benzene rings is 1. The van der Waals surface area contributed by atoms with Crippen LogP contribution < -0.4 is 4.74 Å². The predicted molar refractivity (Wildman–Crippen MR) is 87.1 cm³/mol. The first-order chi connectivity index (χ1) is 11.2. The summed E-state index contributed by atoms with van der Waals surface area (Å²) in [6.45, 7) is 0.0292. The van der Waals surface area contributed by atoms with E-state index in [0.29, 0.717) is 11.3 Å². The molecule has 2 heterocycles. The minimum Gasteiger partial charge on any atom is -0.497 e. The molecule has 1 aliphatic rings. The lowest BCUT2D eigenvalue weighted by atomic mass is 10.0. The zero-order valence-corrected chi connectivity index (χ0v) is 12.7. The fourth-order valence-electron chi connectivity index (χ4n) is 2.39. The summed E-state index contributed by atoms with van der Waals surface area (Å²) in [4.78, 5) is 15.6. The van der Waals surface area contributed by atoms with Crippen molar-refractivity contribution in [2.75, 3.05) is 20.3 Å². The van der Waals surface area contributed by atoms with Gasteiger partial charge in [0.2, 0.25) is 0 Å². The average molecular weight is 311 g/mol. The lowest BCUT2D eigenvalue weighted by Gasteiger charge is -2.08. The molecule has 2 aromatic rings. The number of aliphatic hydroxyl groups is 1. The number of methoxy groups -OCH3 is 1. The third-order valence-electron chi connectivity index (χ3n) is 3.54. The second-order valence-corrected chi connectivity index (χ2v) is 5.01. The quantitative estimate of drug-likeness (QED) is 0.824. The summed E-state index contributed by atoms with van der Waals surface area (Å²) in [5.74, 6) is 0.514. The Morgan fingerprint density at radius 3 is 2.70 bits per heavy atom. The molecule has 118 valence electrons. The largest absolute Gasteiger partial charge is 0.497 e. The van der Waals surface area contributed by atoms with Gasteiger partial charge in [-0.3, -0.25) is 4.79 Å². The van der Waals surface area contributed by atoms with Gasteiger partial charge in [0.15, 0.2) is 0 Å². The molecule has 0 unspecified atom stereocenters. The number of aromatic amines is 1. The van der Waals surface area contributed by atoms with E-state index in [1.54, 1.807) is 19.4 Å². The summed E-state index contributed by atoms with van der Waals surface area (Å²) in [7, 11) is 1.60. The molecule has 1 amide bonds. The Morgan fingerprint density at radius 2 is 2.09 bits per heavy atom. The van der Waals surface area contributed by atoms with Crippen molar-refractivity contribution in [3.63, 3.8) is 0 Å². The summed E-state index contributed by atoms with van der Waals surface area (Å²) in [5, 5.41) is 14.8. The fourth-order valence-corrected chi connectivity index (χ4v) is 2.39. The van der Waals surface area contributed by atoms with Gasteiger partial charge in [-0.2, -0.15) is 5.10 Å². The number of H-pyrrole nitrogens is 1. The van der Waals surface area contributed by atoms with Crippen LogP contribution in [0.2, 0.25) is 0 Å². The summed E-state index contributed by atoms with van der Waals surface area (Å²) in [5.41, 5.74) is 2.71. The number of hydrazone groups is 1. The molecule has 0 spiro atoms. The minimum atomic E-state index is -0.223. The van der Waals surface area contributed by atoms with E-state index in [0.717, 1.165) is 17.0 Å². The summed E-state index contributed by atoms with van der Waals surface area (Å²) >= 11 is 0. The molecule has 23 heavy (non-hydrogen) atoms. The van der Waals surface area contributed by atoms with E-state index in [2.05, 4.69) is 10.1 Å². The average Bonchev–Trinajstić information content (AvgIpc) is 3.19. The molecular formula is C17H17N3O3. The van der Waals surface area contributed by atoms with Crippen molar-refractivity contribution in [1.82, 2.24) is 9.99 Å². The number of amides is 1. The number of aromatic nitrogens is 1. The molecule has 0 atom stereocenters. The number of hydrogen-bond donors (Lipinski definition) is 2. The Kier molecular flexibility index (Phi) is 4.25. The Labute approximate surface area is 133 Å². The molecule has 3 rings (SSSR count). The van der Waals surface area contributed by atoms with Crippen molar-refractivity contribution in [3.05, 3.63) is 59.4 Å². The monoisotopic (exact) mass is 311 g/mol. The molecule has 1 aromatic carbocycles. The first-order valence-corrected chi connectivity index (χ1v) is 7.24. The van der Waals surface area contributed by atoms with Crippen LogP contribution in [-0.4, -0.2) is 47.0 Å². The Bertz CT molecular complexity index is 746. The van der Waals surface area contributed by atoms with E-state index >= 15 is 0 Å². The first kappa shape index (κ1) is 15.1. The summed E-state index contributed by atoms with van der Waals surface area (Å²) in [6, 6.07) is 11.1. The zero-order chi connectivity index (χ0) is 16.2. The highest BCUT2D eigenvalue weighted by molar-refractivity contribution is 6.33. The van der Waals surface area contributed by atoms with E-state index in [4.69, 9.17) is 9.84 Å². The van der Waals surface area contributed by atoms with Crippen LogP contribution in [0.5, 0.6) is 5.75 Å². The van der Waals surface area contributed by atoms with Gasteiger partial charge in [-0.25, -0.2) is 5.01 Å². The normalized spacial score (nSPS) is 16.1. The third-order valence-corrected chi connectivity index (χ3v) is 3.54. The Hall–Kier alpha value is -2.86. The summed E-state index contributed by atoms with van der Waals surface area (Å²) < 4.78 is 5.15. The molecule has 0 saturated carbocycles. The van der Waals surface area contributed by atoms with Gasteiger partial charge < -0.3 is 14.8 Å².